The lowest BCUT2D eigenvalue weighted by atomic mass is 9.96. The van der Waals surface area contributed by atoms with Crippen molar-refractivity contribution in [1.29, 1.82) is 0 Å². The van der Waals surface area contributed by atoms with Gasteiger partial charge in [0.2, 0.25) is 0 Å². The molecule has 1 aliphatic carbocycles. The zero-order valence-electron chi connectivity index (χ0n) is 12.1. The van der Waals surface area contributed by atoms with Crippen LogP contribution >= 0.6 is 0 Å². The van der Waals surface area contributed by atoms with Crippen LogP contribution in [0.2, 0.25) is 0 Å². The molecular weight excluding hydrogens is 240 g/mol. The topological polar surface area (TPSA) is 59.0 Å². The predicted molar refractivity (Wildman–Crippen MR) is 74.9 cm³/mol. The first-order chi connectivity index (χ1) is 9.08. The zero-order chi connectivity index (χ0) is 13.8. The second-order valence-electron chi connectivity index (χ2n) is 5.43. The summed E-state index contributed by atoms with van der Waals surface area (Å²) >= 11 is 0. The Morgan fingerprint density at radius 3 is 2.58 bits per heavy atom. The first-order valence-corrected chi connectivity index (χ1v) is 7.11. The molecular formula is C14H24N4O. The Bertz CT molecular complexity index is 447. The van der Waals surface area contributed by atoms with Crippen molar-refractivity contribution < 1.29 is 4.79 Å². The molecule has 0 bridgehead atoms. The van der Waals surface area contributed by atoms with E-state index in [-0.39, 0.29) is 6.03 Å². The minimum absolute atomic E-state index is 0.0606. The van der Waals surface area contributed by atoms with E-state index in [2.05, 4.69) is 15.7 Å². The van der Waals surface area contributed by atoms with Gasteiger partial charge in [0, 0.05) is 30.9 Å². The Balaban J connectivity index is 1.82. The monoisotopic (exact) mass is 264 g/mol. The number of carbonyl (C=O) groups excluding carboxylic acids is 1. The number of nitrogens with zero attached hydrogens (tertiary/aromatic N) is 2. The molecule has 0 aliphatic heterocycles. The van der Waals surface area contributed by atoms with Gasteiger partial charge in [0.1, 0.15) is 0 Å². The lowest BCUT2D eigenvalue weighted by molar-refractivity contribution is 0.232. The molecule has 106 valence electrons. The van der Waals surface area contributed by atoms with E-state index in [1.165, 1.54) is 19.3 Å². The highest BCUT2D eigenvalue weighted by Crippen LogP contribution is 2.17. The van der Waals surface area contributed by atoms with E-state index in [1.807, 2.05) is 25.6 Å². The summed E-state index contributed by atoms with van der Waals surface area (Å²) in [6.07, 6.45) is 5.97. The third-order valence-corrected chi connectivity index (χ3v) is 4.02. The number of nitrogens with one attached hydrogen (secondary N) is 2. The second kappa shape index (κ2) is 6.08. The number of amides is 2. The summed E-state index contributed by atoms with van der Waals surface area (Å²) in [5.41, 5.74) is 3.20. The maximum absolute atomic E-state index is 11.9. The van der Waals surface area contributed by atoms with Gasteiger partial charge in [0.05, 0.1) is 5.69 Å². The summed E-state index contributed by atoms with van der Waals surface area (Å²) in [6.45, 7) is 4.54. The van der Waals surface area contributed by atoms with Gasteiger partial charge in [-0.2, -0.15) is 5.10 Å². The van der Waals surface area contributed by atoms with Crippen LogP contribution in [0.5, 0.6) is 0 Å². The molecule has 1 fully saturated rings. The normalized spacial score (nSPS) is 16.4. The van der Waals surface area contributed by atoms with Crippen LogP contribution in [0.25, 0.3) is 0 Å². The van der Waals surface area contributed by atoms with Crippen LogP contribution in [0.1, 0.15) is 49.1 Å². The van der Waals surface area contributed by atoms with E-state index in [0.29, 0.717) is 12.6 Å². The van der Waals surface area contributed by atoms with Crippen molar-refractivity contribution >= 4 is 6.03 Å². The Morgan fingerprint density at radius 1 is 1.32 bits per heavy atom. The molecule has 2 N–H and O–H groups in total. The van der Waals surface area contributed by atoms with Crippen molar-refractivity contribution in [1.82, 2.24) is 20.4 Å². The van der Waals surface area contributed by atoms with Crippen molar-refractivity contribution in [2.75, 3.05) is 0 Å². The quantitative estimate of drug-likeness (QED) is 0.879. The molecule has 5 nitrogen and oxygen atoms in total. The van der Waals surface area contributed by atoms with Gasteiger partial charge in [-0.05, 0) is 26.7 Å². The third-order valence-electron chi connectivity index (χ3n) is 4.02. The Labute approximate surface area is 114 Å². The molecule has 0 radical (unpaired) electrons. The van der Waals surface area contributed by atoms with Gasteiger partial charge in [-0.25, -0.2) is 4.79 Å². The van der Waals surface area contributed by atoms with Gasteiger partial charge >= 0.3 is 6.03 Å². The van der Waals surface area contributed by atoms with Crippen LogP contribution in [-0.4, -0.2) is 21.9 Å². The molecule has 1 aromatic heterocycles. The fraction of sp³-hybridized carbons (Fsp3) is 0.714. The van der Waals surface area contributed by atoms with Crippen LogP contribution < -0.4 is 10.6 Å². The maximum Gasteiger partial charge on any atom is 0.315 e. The highest BCUT2D eigenvalue weighted by atomic mass is 16.2. The summed E-state index contributed by atoms with van der Waals surface area (Å²) in [4.78, 5) is 11.9. The fourth-order valence-corrected chi connectivity index (χ4v) is 2.73. The molecule has 0 spiro atoms. The van der Waals surface area contributed by atoms with Crippen molar-refractivity contribution in [2.45, 2.75) is 58.5 Å². The summed E-state index contributed by atoms with van der Waals surface area (Å²) in [6, 6.07) is 0.291. The molecule has 2 amide bonds. The number of urea groups is 1. The van der Waals surface area contributed by atoms with Gasteiger partial charge in [0.15, 0.2) is 0 Å². The average molecular weight is 264 g/mol. The van der Waals surface area contributed by atoms with E-state index in [4.69, 9.17) is 0 Å². The molecule has 5 heteroatoms. The van der Waals surface area contributed by atoms with Gasteiger partial charge in [-0.15, -0.1) is 0 Å². The summed E-state index contributed by atoms with van der Waals surface area (Å²) in [5, 5.41) is 10.3. The van der Waals surface area contributed by atoms with Crippen LogP contribution in [0.3, 0.4) is 0 Å². The standard InChI is InChI=1S/C14H24N4O/c1-10-13(11(2)18(3)17-10)9-15-14(19)16-12-7-5-4-6-8-12/h12H,4-9H2,1-3H3,(H2,15,16,19). The largest absolute Gasteiger partial charge is 0.335 e. The van der Waals surface area contributed by atoms with Crippen LogP contribution in [0, 0.1) is 13.8 Å². The van der Waals surface area contributed by atoms with Crippen LogP contribution in [0.4, 0.5) is 4.79 Å². The molecule has 0 saturated heterocycles. The molecule has 19 heavy (non-hydrogen) atoms. The molecule has 2 rings (SSSR count). The van der Waals surface area contributed by atoms with Crippen molar-refractivity contribution in [2.24, 2.45) is 7.05 Å². The first-order valence-electron chi connectivity index (χ1n) is 7.11. The molecule has 0 aromatic carbocycles. The maximum atomic E-state index is 11.9. The van der Waals surface area contributed by atoms with Gasteiger partial charge < -0.3 is 10.6 Å². The second-order valence-corrected chi connectivity index (χ2v) is 5.43. The van der Waals surface area contributed by atoms with Crippen LogP contribution in [0.15, 0.2) is 0 Å². The van der Waals surface area contributed by atoms with Crippen LogP contribution in [-0.2, 0) is 13.6 Å². The predicted octanol–water partition coefficient (Wildman–Crippen LogP) is 2.17. The fourth-order valence-electron chi connectivity index (χ4n) is 2.73. The highest BCUT2D eigenvalue weighted by Gasteiger charge is 2.16. The lowest BCUT2D eigenvalue weighted by Gasteiger charge is -2.22. The Morgan fingerprint density at radius 2 is 2.00 bits per heavy atom. The van der Waals surface area contributed by atoms with E-state index >= 15 is 0 Å². The summed E-state index contributed by atoms with van der Waals surface area (Å²) in [5.74, 6) is 0. The molecule has 1 aromatic rings. The van der Waals surface area contributed by atoms with Crippen molar-refractivity contribution in [3.63, 3.8) is 0 Å². The third kappa shape index (κ3) is 3.49. The smallest absolute Gasteiger partial charge is 0.315 e. The lowest BCUT2D eigenvalue weighted by Crippen LogP contribution is -2.42. The van der Waals surface area contributed by atoms with E-state index in [9.17, 15) is 4.79 Å². The van der Waals surface area contributed by atoms with E-state index in [0.717, 1.165) is 29.8 Å². The molecule has 1 aliphatic rings. The minimum atomic E-state index is -0.0606. The molecule has 1 saturated carbocycles. The molecule has 0 unspecified atom stereocenters. The molecule has 0 atom stereocenters. The van der Waals surface area contributed by atoms with Crippen molar-refractivity contribution in [3.8, 4) is 0 Å². The number of aromatic nitrogens is 2. The Kier molecular flexibility index (Phi) is 4.45. The van der Waals surface area contributed by atoms with Crippen molar-refractivity contribution in [3.05, 3.63) is 17.0 Å². The Hall–Kier alpha value is -1.52. The summed E-state index contributed by atoms with van der Waals surface area (Å²) in [7, 11) is 1.92. The average Bonchev–Trinajstić information content (AvgIpc) is 2.62. The zero-order valence-corrected chi connectivity index (χ0v) is 12.1. The number of hydrogen-bond donors (Lipinski definition) is 2. The van der Waals surface area contributed by atoms with Gasteiger partial charge in [-0.1, -0.05) is 19.3 Å². The van der Waals surface area contributed by atoms with Gasteiger partial charge in [0.25, 0.3) is 0 Å². The number of rotatable bonds is 3. The minimum Gasteiger partial charge on any atom is -0.335 e. The summed E-state index contributed by atoms with van der Waals surface area (Å²) < 4.78 is 1.85. The number of hydrogen-bond acceptors (Lipinski definition) is 2. The van der Waals surface area contributed by atoms with E-state index < -0.39 is 0 Å². The number of carbonyl (C=O) groups is 1. The SMILES string of the molecule is Cc1nn(C)c(C)c1CNC(=O)NC1CCCCC1. The van der Waals surface area contributed by atoms with Gasteiger partial charge in [-0.3, -0.25) is 4.68 Å². The first kappa shape index (κ1) is 13.9. The molecule has 1 heterocycles. The highest BCUT2D eigenvalue weighted by molar-refractivity contribution is 5.74. The van der Waals surface area contributed by atoms with E-state index in [1.54, 1.807) is 0 Å². The number of aryl methyl sites for hydroxylation is 2.